The van der Waals surface area contributed by atoms with E-state index in [1.54, 1.807) is 20.8 Å². The van der Waals surface area contributed by atoms with Gasteiger partial charge < -0.3 is 14.4 Å². The number of aliphatic hydroxyl groups is 1. The molecule has 0 unspecified atom stereocenters. The zero-order valence-corrected chi connectivity index (χ0v) is 12.4. The van der Waals surface area contributed by atoms with Gasteiger partial charge in [-0.25, -0.2) is 4.79 Å². The van der Waals surface area contributed by atoms with Crippen molar-refractivity contribution in [2.75, 3.05) is 6.61 Å². The number of aromatic nitrogens is 1. The summed E-state index contributed by atoms with van der Waals surface area (Å²) < 4.78 is 6.94. The molecule has 1 N–H and O–H groups in total. The molecule has 0 atom stereocenters. The molecule has 0 spiro atoms. The molecule has 1 aromatic heterocycles. The molecule has 20 heavy (non-hydrogen) atoms. The first kappa shape index (κ1) is 14.6. The van der Waals surface area contributed by atoms with Crippen LogP contribution in [0.25, 0.3) is 10.9 Å². The Hall–Kier alpha value is -1.81. The summed E-state index contributed by atoms with van der Waals surface area (Å²) in [7, 11) is 0. The van der Waals surface area contributed by atoms with E-state index in [1.165, 1.54) is 0 Å². The van der Waals surface area contributed by atoms with E-state index in [4.69, 9.17) is 4.74 Å². The standard InChI is InChI=1S/C16H21NO3/c1-5-20-15(18)14-9-12-7-6-11(2)8-13(12)17(14)10-16(3,4)19/h6-9,19H,5,10H2,1-4H3. The number of nitrogens with zero attached hydrogens (tertiary/aromatic N) is 1. The molecule has 0 bridgehead atoms. The third kappa shape index (κ3) is 3.02. The van der Waals surface area contributed by atoms with Crippen molar-refractivity contribution in [2.45, 2.75) is 39.8 Å². The van der Waals surface area contributed by atoms with Gasteiger partial charge in [-0.05, 0) is 45.4 Å². The van der Waals surface area contributed by atoms with E-state index in [1.807, 2.05) is 35.8 Å². The van der Waals surface area contributed by atoms with Crippen LogP contribution in [0.2, 0.25) is 0 Å². The third-order valence-electron chi connectivity index (χ3n) is 3.09. The van der Waals surface area contributed by atoms with Crippen LogP contribution in [0.4, 0.5) is 0 Å². The topological polar surface area (TPSA) is 51.5 Å². The van der Waals surface area contributed by atoms with E-state index in [0.717, 1.165) is 16.5 Å². The highest BCUT2D eigenvalue weighted by atomic mass is 16.5. The SMILES string of the molecule is CCOC(=O)c1cc2ccc(C)cc2n1CC(C)(C)O. The van der Waals surface area contributed by atoms with Crippen molar-refractivity contribution in [2.24, 2.45) is 0 Å². The van der Waals surface area contributed by atoms with Gasteiger partial charge in [0.2, 0.25) is 0 Å². The highest BCUT2D eigenvalue weighted by Gasteiger charge is 2.22. The molecule has 0 fully saturated rings. The zero-order chi connectivity index (χ0) is 14.9. The van der Waals surface area contributed by atoms with Gasteiger partial charge in [-0.3, -0.25) is 0 Å². The van der Waals surface area contributed by atoms with Gasteiger partial charge in [0.25, 0.3) is 0 Å². The van der Waals surface area contributed by atoms with E-state index in [2.05, 4.69) is 0 Å². The first-order chi connectivity index (χ1) is 9.31. The number of benzene rings is 1. The van der Waals surface area contributed by atoms with Gasteiger partial charge in [0.15, 0.2) is 0 Å². The Morgan fingerprint density at radius 3 is 2.65 bits per heavy atom. The van der Waals surface area contributed by atoms with E-state index in [-0.39, 0.29) is 5.97 Å². The summed E-state index contributed by atoms with van der Waals surface area (Å²) in [6.45, 7) is 7.92. The summed E-state index contributed by atoms with van der Waals surface area (Å²) >= 11 is 0. The van der Waals surface area contributed by atoms with Crippen LogP contribution >= 0.6 is 0 Å². The maximum atomic E-state index is 12.1. The first-order valence-electron chi connectivity index (χ1n) is 6.81. The van der Waals surface area contributed by atoms with Crippen molar-refractivity contribution in [3.63, 3.8) is 0 Å². The smallest absolute Gasteiger partial charge is 0.354 e. The second kappa shape index (κ2) is 5.29. The lowest BCUT2D eigenvalue weighted by molar-refractivity contribution is 0.0476. The number of carbonyl (C=O) groups is 1. The van der Waals surface area contributed by atoms with E-state index < -0.39 is 5.60 Å². The van der Waals surface area contributed by atoms with Crippen LogP contribution in [-0.2, 0) is 11.3 Å². The van der Waals surface area contributed by atoms with Crippen molar-refractivity contribution < 1.29 is 14.6 Å². The average Bonchev–Trinajstić information content (AvgIpc) is 2.66. The molecule has 4 heteroatoms. The first-order valence-corrected chi connectivity index (χ1v) is 6.81. The molecule has 1 aromatic carbocycles. The molecule has 0 saturated heterocycles. The number of hydrogen-bond acceptors (Lipinski definition) is 3. The molecule has 0 radical (unpaired) electrons. The average molecular weight is 275 g/mol. The number of ether oxygens (including phenoxy) is 1. The van der Waals surface area contributed by atoms with Crippen molar-refractivity contribution in [3.8, 4) is 0 Å². The highest BCUT2D eigenvalue weighted by Crippen LogP contribution is 2.24. The Morgan fingerprint density at radius 1 is 1.35 bits per heavy atom. The normalized spacial score (nSPS) is 11.8. The summed E-state index contributed by atoms with van der Waals surface area (Å²) in [5.74, 6) is -0.356. The van der Waals surface area contributed by atoms with Crippen LogP contribution < -0.4 is 0 Å². The fourth-order valence-corrected chi connectivity index (χ4v) is 2.30. The second-order valence-electron chi connectivity index (χ2n) is 5.71. The lowest BCUT2D eigenvalue weighted by Gasteiger charge is -2.20. The Kier molecular flexibility index (Phi) is 3.86. The molecule has 4 nitrogen and oxygen atoms in total. The molecular weight excluding hydrogens is 254 g/mol. The minimum atomic E-state index is -0.906. The summed E-state index contributed by atoms with van der Waals surface area (Å²) in [6.07, 6.45) is 0. The molecule has 0 amide bonds. The molecule has 0 aliphatic rings. The lowest BCUT2D eigenvalue weighted by atomic mass is 10.1. The Bertz CT molecular complexity index is 635. The Morgan fingerprint density at radius 2 is 2.05 bits per heavy atom. The van der Waals surface area contributed by atoms with Gasteiger partial charge in [-0.15, -0.1) is 0 Å². The molecule has 0 aliphatic carbocycles. The van der Waals surface area contributed by atoms with Gasteiger partial charge >= 0.3 is 5.97 Å². The summed E-state index contributed by atoms with van der Waals surface area (Å²) in [5, 5.41) is 11.1. The molecule has 2 aromatic rings. The molecule has 2 rings (SSSR count). The maximum absolute atomic E-state index is 12.1. The third-order valence-corrected chi connectivity index (χ3v) is 3.09. The zero-order valence-electron chi connectivity index (χ0n) is 12.4. The van der Waals surface area contributed by atoms with Crippen molar-refractivity contribution >= 4 is 16.9 Å². The fraction of sp³-hybridized carbons (Fsp3) is 0.438. The van der Waals surface area contributed by atoms with Gasteiger partial charge in [0, 0.05) is 10.9 Å². The van der Waals surface area contributed by atoms with Crippen molar-refractivity contribution in [1.29, 1.82) is 0 Å². The predicted octanol–water partition coefficient (Wildman–Crippen LogP) is 2.90. The highest BCUT2D eigenvalue weighted by molar-refractivity contribution is 5.95. The van der Waals surface area contributed by atoms with Crippen LogP contribution in [0.15, 0.2) is 24.3 Å². The number of esters is 1. The Labute approximate surface area is 119 Å². The molecule has 108 valence electrons. The molecule has 1 heterocycles. The van der Waals surface area contributed by atoms with Gasteiger partial charge in [-0.1, -0.05) is 12.1 Å². The quantitative estimate of drug-likeness (QED) is 0.873. The van der Waals surface area contributed by atoms with Gasteiger partial charge in [0.1, 0.15) is 5.69 Å². The van der Waals surface area contributed by atoms with Crippen LogP contribution in [0.3, 0.4) is 0 Å². The number of aryl methyl sites for hydroxylation is 1. The summed E-state index contributed by atoms with van der Waals surface area (Å²) in [5.41, 5.74) is 1.63. The summed E-state index contributed by atoms with van der Waals surface area (Å²) in [4.78, 5) is 12.1. The van der Waals surface area contributed by atoms with Crippen LogP contribution in [0.1, 0.15) is 36.8 Å². The maximum Gasteiger partial charge on any atom is 0.354 e. The second-order valence-corrected chi connectivity index (χ2v) is 5.71. The minimum Gasteiger partial charge on any atom is -0.461 e. The number of rotatable bonds is 4. The lowest BCUT2D eigenvalue weighted by Crippen LogP contribution is -2.28. The van der Waals surface area contributed by atoms with E-state index in [9.17, 15) is 9.90 Å². The van der Waals surface area contributed by atoms with E-state index in [0.29, 0.717) is 18.8 Å². The van der Waals surface area contributed by atoms with Crippen LogP contribution in [0, 0.1) is 6.92 Å². The summed E-state index contributed by atoms with van der Waals surface area (Å²) in [6, 6.07) is 7.82. The van der Waals surface area contributed by atoms with Crippen molar-refractivity contribution in [3.05, 3.63) is 35.5 Å². The van der Waals surface area contributed by atoms with Crippen LogP contribution in [-0.4, -0.2) is 27.9 Å². The Balaban J connectivity index is 2.60. The van der Waals surface area contributed by atoms with Gasteiger partial charge in [0.05, 0.1) is 18.8 Å². The fourth-order valence-electron chi connectivity index (χ4n) is 2.30. The van der Waals surface area contributed by atoms with Crippen molar-refractivity contribution in [1.82, 2.24) is 4.57 Å². The number of hydrogen-bond donors (Lipinski definition) is 1. The number of fused-ring (bicyclic) bond motifs is 1. The van der Waals surface area contributed by atoms with Crippen LogP contribution in [0.5, 0.6) is 0 Å². The molecule has 0 saturated carbocycles. The molecule has 0 aliphatic heterocycles. The molecular formula is C16H21NO3. The monoisotopic (exact) mass is 275 g/mol. The minimum absolute atomic E-state index is 0.335. The number of carbonyl (C=O) groups excluding carboxylic acids is 1. The predicted molar refractivity (Wildman–Crippen MR) is 78.9 cm³/mol. The van der Waals surface area contributed by atoms with E-state index >= 15 is 0 Å². The largest absolute Gasteiger partial charge is 0.461 e. The van der Waals surface area contributed by atoms with Gasteiger partial charge in [-0.2, -0.15) is 0 Å².